The molecule has 3 aromatic rings. The third kappa shape index (κ3) is 4.45. The van der Waals surface area contributed by atoms with Gasteiger partial charge in [0.05, 0.1) is 0 Å². The molecule has 0 aliphatic carbocycles. The quantitative estimate of drug-likeness (QED) is 0.731. The maximum absolute atomic E-state index is 12.5. The van der Waals surface area contributed by atoms with Crippen LogP contribution in [-0.2, 0) is 6.54 Å². The summed E-state index contributed by atoms with van der Waals surface area (Å²) in [5.74, 6) is 0.927. The predicted octanol–water partition coefficient (Wildman–Crippen LogP) is 4.08. The number of carbonyl (C=O) groups is 1. The van der Waals surface area contributed by atoms with Crippen LogP contribution >= 0.6 is 0 Å². The molecular formula is C21H22N4O. The van der Waals surface area contributed by atoms with E-state index in [0.717, 1.165) is 16.8 Å². The standard InChI is InChI=1S/C21H22N4O/c1-14-8-10-18(11-9-14)25-20-12-19(23-16(3)24-20)21(26)22-13-17-7-5-4-6-15(17)2/h4-12H,13H2,1-3H3,(H,22,26)(H,23,24,25). The van der Waals surface area contributed by atoms with E-state index in [1.807, 2.05) is 62.4 Å². The molecule has 1 aromatic heterocycles. The Balaban J connectivity index is 1.73. The van der Waals surface area contributed by atoms with Gasteiger partial charge in [0.2, 0.25) is 0 Å². The van der Waals surface area contributed by atoms with Crippen molar-refractivity contribution in [2.75, 3.05) is 5.32 Å². The Hall–Kier alpha value is -3.21. The van der Waals surface area contributed by atoms with Crippen LogP contribution in [0, 0.1) is 20.8 Å². The third-order valence-corrected chi connectivity index (χ3v) is 4.10. The number of carbonyl (C=O) groups excluding carboxylic acids is 1. The molecular weight excluding hydrogens is 324 g/mol. The lowest BCUT2D eigenvalue weighted by atomic mass is 10.1. The summed E-state index contributed by atoms with van der Waals surface area (Å²) in [5, 5.41) is 6.14. The molecule has 0 saturated carbocycles. The van der Waals surface area contributed by atoms with Gasteiger partial charge < -0.3 is 10.6 Å². The number of aromatic nitrogens is 2. The van der Waals surface area contributed by atoms with Gasteiger partial charge in [0.1, 0.15) is 17.3 Å². The highest BCUT2D eigenvalue weighted by molar-refractivity contribution is 5.93. The van der Waals surface area contributed by atoms with E-state index in [-0.39, 0.29) is 5.91 Å². The SMILES string of the molecule is Cc1ccc(Nc2cc(C(=O)NCc3ccccc3C)nc(C)n2)cc1. The topological polar surface area (TPSA) is 66.9 Å². The van der Waals surface area contributed by atoms with Gasteiger partial charge in [-0.25, -0.2) is 9.97 Å². The molecule has 2 N–H and O–H groups in total. The molecule has 1 heterocycles. The van der Waals surface area contributed by atoms with E-state index in [4.69, 9.17) is 0 Å². The van der Waals surface area contributed by atoms with Gasteiger partial charge in [0.25, 0.3) is 5.91 Å². The molecule has 0 radical (unpaired) electrons. The Morgan fingerprint density at radius 2 is 1.69 bits per heavy atom. The number of rotatable bonds is 5. The number of aryl methyl sites for hydroxylation is 3. The third-order valence-electron chi connectivity index (χ3n) is 4.10. The van der Waals surface area contributed by atoms with E-state index in [2.05, 4.69) is 20.6 Å². The van der Waals surface area contributed by atoms with Crippen LogP contribution in [0.1, 0.15) is 33.0 Å². The van der Waals surface area contributed by atoms with Gasteiger partial charge in [0.15, 0.2) is 0 Å². The summed E-state index contributed by atoms with van der Waals surface area (Å²) in [6.45, 7) is 6.31. The second-order valence-electron chi connectivity index (χ2n) is 6.29. The van der Waals surface area contributed by atoms with E-state index in [1.165, 1.54) is 5.56 Å². The van der Waals surface area contributed by atoms with Crippen molar-refractivity contribution < 1.29 is 4.79 Å². The van der Waals surface area contributed by atoms with Crippen LogP contribution in [0.4, 0.5) is 11.5 Å². The van der Waals surface area contributed by atoms with E-state index in [1.54, 1.807) is 13.0 Å². The molecule has 3 rings (SSSR count). The molecule has 1 amide bonds. The van der Waals surface area contributed by atoms with Crippen molar-refractivity contribution in [1.29, 1.82) is 0 Å². The van der Waals surface area contributed by atoms with Crippen LogP contribution in [-0.4, -0.2) is 15.9 Å². The summed E-state index contributed by atoms with van der Waals surface area (Å²) in [6, 6.07) is 17.6. The first-order valence-corrected chi connectivity index (χ1v) is 8.53. The molecule has 2 aromatic carbocycles. The van der Waals surface area contributed by atoms with Crippen molar-refractivity contribution in [2.45, 2.75) is 27.3 Å². The zero-order valence-corrected chi connectivity index (χ0v) is 15.2. The average molecular weight is 346 g/mol. The smallest absolute Gasteiger partial charge is 0.270 e. The molecule has 0 fully saturated rings. The van der Waals surface area contributed by atoms with Gasteiger partial charge in [-0.1, -0.05) is 42.0 Å². The molecule has 0 bridgehead atoms. The molecule has 26 heavy (non-hydrogen) atoms. The lowest BCUT2D eigenvalue weighted by Crippen LogP contribution is -2.24. The lowest BCUT2D eigenvalue weighted by Gasteiger charge is -2.10. The minimum Gasteiger partial charge on any atom is -0.347 e. The molecule has 0 spiro atoms. The van der Waals surface area contributed by atoms with Crippen LogP contribution in [0.15, 0.2) is 54.6 Å². The summed E-state index contributed by atoms with van der Waals surface area (Å²) in [7, 11) is 0. The van der Waals surface area contributed by atoms with E-state index < -0.39 is 0 Å². The molecule has 0 atom stereocenters. The van der Waals surface area contributed by atoms with Crippen LogP contribution in [0.25, 0.3) is 0 Å². The monoisotopic (exact) mass is 346 g/mol. The number of hydrogen-bond donors (Lipinski definition) is 2. The van der Waals surface area contributed by atoms with Crippen LogP contribution in [0.5, 0.6) is 0 Å². The second-order valence-corrected chi connectivity index (χ2v) is 6.29. The Bertz CT molecular complexity index is 920. The van der Waals surface area contributed by atoms with Crippen molar-refractivity contribution in [3.63, 3.8) is 0 Å². The zero-order valence-electron chi connectivity index (χ0n) is 15.2. The summed E-state index contributed by atoms with van der Waals surface area (Å²) in [6.07, 6.45) is 0. The van der Waals surface area contributed by atoms with Gasteiger partial charge in [-0.2, -0.15) is 0 Å². The maximum atomic E-state index is 12.5. The van der Waals surface area contributed by atoms with Gasteiger partial charge in [0, 0.05) is 18.3 Å². The summed E-state index contributed by atoms with van der Waals surface area (Å²) < 4.78 is 0. The van der Waals surface area contributed by atoms with E-state index in [9.17, 15) is 4.79 Å². The number of anilines is 2. The Morgan fingerprint density at radius 3 is 2.42 bits per heavy atom. The first-order chi connectivity index (χ1) is 12.5. The normalized spacial score (nSPS) is 10.4. The highest BCUT2D eigenvalue weighted by Gasteiger charge is 2.11. The largest absolute Gasteiger partial charge is 0.347 e. The van der Waals surface area contributed by atoms with Gasteiger partial charge in [-0.05, 0) is 44.0 Å². The number of benzene rings is 2. The summed E-state index contributed by atoms with van der Waals surface area (Å²) in [4.78, 5) is 21.1. The number of nitrogens with zero attached hydrogens (tertiary/aromatic N) is 2. The molecule has 0 aliphatic heterocycles. The van der Waals surface area contributed by atoms with E-state index >= 15 is 0 Å². The number of amides is 1. The average Bonchev–Trinajstić information content (AvgIpc) is 2.62. The van der Waals surface area contributed by atoms with Crippen LogP contribution < -0.4 is 10.6 Å². The second kappa shape index (κ2) is 7.78. The lowest BCUT2D eigenvalue weighted by molar-refractivity contribution is 0.0945. The molecule has 132 valence electrons. The maximum Gasteiger partial charge on any atom is 0.270 e. The first-order valence-electron chi connectivity index (χ1n) is 8.53. The van der Waals surface area contributed by atoms with Crippen molar-refractivity contribution >= 4 is 17.4 Å². The Labute approximate surface area is 153 Å². The molecule has 5 nitrogen and oxygen atoms in total. The van der Waals surface area contributed by atoms with Crippen LogP contribution in [0.3, 0.4) is 0 Å². The van der Waals surface area contributed by atoms with Crippen molar-refractivity contribution in [2.24, 2.45) is 0 Å². The number of nitrogens with one attached hydrogen (secondary N) is 2. The molecule has 5 heteroatoms. The fraction of sp³-hybridized carbons (Fsp3) is 0.190. The molecule has 0 unspecified atom stereocenters. The fourth-order valence-corrected chi connectivity index (χ4v) is 2.61. The predicted molar refractivity (Wildman–Crippen MR) is 104 cm³/mol. The Kier molecular flexibility index (Phi) is 5.27. The van der Waals surface area contributed by atoms with Gasteiger partial charge in [-0.15, -0.1) is 0 Å². The minimum atomic E-state index is -0.217. The highest BCUT2D eigenvalue weighted by Crippen LogP contribution is 2.16. The van der Waals surface area contributed by atoms with Crippen molar-refractivity contribution in [3.8, 4) is 0 Å². The van der Waals surface area contributed by atoms with Crippen molar-refractivity contribution in [1.82, 2.24) is 15.3 Å². The minimum absolute atomic E-state index is 0.217. The van der Waals surface area contributed by atoms with E-state index in [0.29, 0.717) is 23.9 Å². The zero-order chi connectivity index (χ0) is 18.5. The van der Waals surface area contributed by atoms with Gasteiger partial charge >= 0.3 is 0 Å². The van der Waals surface area contributed by atoms with Crippen LogP contribution in [0.2, 0.25) is 0 Å². The first kappa shape index (κ1) is 17.6. The molecule has 0 aliphatic rings. The summed E-state index contributed by atoms with van der Waals surface area (Å²) in [5.41, 5.74) is 4.68. The fourth-order valence-electron chi connectivity index (χ4n) is 2.61. The van der Waals surface area contributed by atoms with Crippen molar-refractivity contribution in [3.05, 3.63) is 82.8 Å². The Morgan fingerprint density at radius 1 is 0.962 bits per heavy atom. The molecule has 0 saturated heterocycles. The highest BCUT2D eigenvalue weighted by atomic mass is 16.1. The summed E-state index contributed by atoms with van der Waals surface area (Å²) >= 11 is 0. The van der Waals surface area contributed by atoms with Gasteiger partial charge in [-0.3, -0.25) is 4.79 Å². The number of hydrogen-bond acceptors (Lipinski definition) is 4.